The lowest BCUT2D eigenvalue weighted by Gasteiger charge is -2.42. The van der Waals surface area contributed by atoms with Crippen LogP contribution in [0.4, 0.5) is 0 Å². The zero-order valence-electron chi connectivity index (χ0n) is 12.4. The molecule has 0 spiro atoms. The maximum absolute atomic E-state index is 5.83. The predicted octanol–water partition coefficient (Wildman–Crippen LogP) is 2.06. The van der Waals surface area contributed by atoms with Crippen LogP contribution in [0.5, 0.6) is 0 Å². The first-order valence-corrected chi connectivity index (χ1v) is 8.55. The van der Waals surface area contributed by atoms with Crippen LogP contribution in [0.3, 0.4) is 0 Å². The molecule has 3 rings (SSSR count). The van der Waals surface area contributed by atoms with Gasteiger partial charge in [-0.2, -0.15) is 0 Å². The Balaban J connectivity index is 1.52. The van der Waals surface area contributed by atoms with Crippen molar-refractivity contribution in [1.29, 1.82) is 0 Å². The Labute approximate surface area is 118 Å². The molecule has 0 bridgehead atoms. The molecule has 2 saturated heterocycles. The molecule has 3 heteroatoms. The van der Waals surface area contributed by atoms with E-state index in [4.69, 9.17) is 5.73 Å². The van der Waals surface area contributed by atoms with E-state index in [0.717, 1.165) is 24.5 Å². The molecule has 0 aromatic heterocycles. The average molecular weight is 265 g/mol. The van der Waals surface area contributed by atoms with E-state index in [2.05, 4.69) is 9.80 Å². The van der Waals surface area contributed by atoms with Gasteiger partial charge in [0.1, 0.15) is 0 Å². The third kappa shape index (κ3) is 3.32. The molecule has 0 amide bonds. The minimum Gasteiger partial charge on any atom is -0.330 e. The third-order valence-electron chi connectivity index (χ3n) is 5.69. The van der Waals surface area contributed by atoms with Gasteiger partial charge in [0.05, 0.1) is 0 Å². The van der Waals surface area contributed by atoms with Crippen molar-refractivity contribution in [2.75, 3.05) is 32.7 Å². The molecule has 19 heavy (non-hydrogen) atoms. The second kappa shape index (κ2) is 6.55. The number of likely N-dealkylation sites (tertiary alicyclic amines) is 2. The van der Waals surface area contributed by atoms with Crippen molar-refractivity contribution in [2.45, 2.75) is 63.5 Å². The number of piperidine rings is 1. The number of nitrogens with two attached hydrogens (primary N) is 1. The van der Waals surface area contributed by atoms with E-state index < -0.39 is 0 Å². The number of hydrogen-bond acceptors (Lipinski definition) is 3. The summed E-state index contributed by atoms with van der Waals surface area (Å²) < 4.78 is 0. The number of hydrogen-bond donors (Lipinski definition) is 1. The number of rotatable bonds is 3. The standard InChI is InChI=1S/C16H31N3/c17-11-14-8-10-19(12-14)16-7-4-9-18(13-16)15-5-2-1-3-6-15/h14-16H,1-13,17H2. The third-order valence-corrected chi connectivity index (χ3v) is 5.69. The second-order valence-corrected chi connectivity index (χ2v) is 6.97. The van der Waals surface area contributed by atoms with Crippen LogP contribution in [-0.2, 0) is 0 Å². The molecular formula is C16H31N3. The van der Waals surface area contributed by atoms with Gasteiger partial charge < -0.3 is 5.73 Å². The molecule has 0 aromatic rings. The topological polar surface area (TPSA) is 32.5 Å². The molecule has 2 unspecified atom stereocenters. The Hall–Kier alpha value is -0.120. The molecule has 110 valence electrons. The van der Waals surface area contributed by atoms with E-state index in [-0.39, 0.29) is 0 Å². The van der Waals surface area contributed by atoms with Crippen LogP contribution in [0.2, 0.25) is 0 Å². The first-order valence-electron chi connectivity index (χ1n) is 8.55. The fraction of sp³-hybridized carbons (Fsp3) is 1.00. The van der Waals surface area contributed by atoms with Crippen molar-refractivity contribution < 1.29 is 0 Å². The van der Waals surface area contributed by atoms with Crippen LogP contribution in [0.1, 0.15) is 51.4 Å². The summed E-state index contributed by atoms with van der Waals surface area (Å²) in [4.78, 5) is 5.57. The molecule has 1 aliphatic carbocycles. The van der Waals surface area contributed by atoms with Gasteiger partial charge >= 0.3 is 0 Å². The van der Waals surface area contributed by atoms with Gasteiger partial charge in [-0.1, -0.05) is 19.3 Å². The van der Waals surface area contributed by atoms with Crippen molar-refractivity contribution >= 4 is 0 Å². The second-order valence-electron chi connectivity index (χ2n) is 6.97. The first kappa shape index (κ1) is 13.8. The SMILES string of the molecule is NCC1CCN(C2CCCN(C3CCCCC3)C2)C1. The minimum atomic E-state index is 0.769. The van der Waals surface area contributed by atoms with E-state index in [1.54, 1.807) is 0 Å². The lowest BCUT2D eigenvalue weighted by molar-refractivity contribution is 0.0669. The monoisotopic (exact) mass is 265 g/mol. The van der Waals surface area contributed by atoms with Crippen LogP contribution in [0.15, 0.2) is 0 Å². The summed E-state index contributed by atoms with van der Waals surface area (Å²) in [5, 5.41) is 0. The Morgan fingerprint density at radius 2 is 1.47 bits per heavy atom. The quantitative estimate of drug-likeness (QED) is 0.848. The van der Waals surface area contributed by atoms with Gasteiger partial charge in [-0.15, -0.1) is 0 Å². The maximum Gasteiger partial charge on any atom is 0.0223 e. The molecule has 2 aliphatic heterocycles. The maximum atomic E-state index is 5.83. The van der Waals surface area contributed by atoms with E-state index in [0.29, 0.717) is 0 Å². The lowest BCUT2D eigenvalue weighted by atomic mass is 9.92. The van der Waals surface area contributed by atoms with Gasteiger partial charge in [0, 0.05) is 25.2 Å². The molecule has 2 heterocycles. The zero-order chi connectivity index (χ0) is 13.1. The predicted molar refractivity (Wildman–Crippen MR) is 80.2 cm³/mol. The molecule has 0 aromatic carbocycles. The van der Waals surface area contributed by atoms with Gasteiger partial charge in [0.15, 0.2) is 0 Å². The summed E-state index contributed by atoms with van der Waals surface area (Å²) in [5.41, 5.74) is 5.83. The van der Waals surface area contributed by atoms with Crippen LogP contribution >= 0.6 is 0 Å². The van der Waals surface area contributed by atoms with Crippen molar-refractivity contribution in [1.82, 2.24) is 9.80 Å². The summed E-state index contributed by atoms with van der Waals surface area (Å²) in [7, 11) is 0. The zero-order valence-corrected chi connectivity index (χ0v) is 12.4. The highest BCUT2D eigenvalue weighted by Crippen LogP contribution is 2.28. The highest BCUT2D eigenvalue weighted by Gasteiger charge is 2.32. The molecule has 2 atom stereocenters. The average Bonchev–Trinajstić information content (AvgIpc) is 2.97. The number of nitrogens with zero attached hydrogens (tertiary/aromatic N) is 2. The minimum absolute atomic E-state index is 0.769. The van der Waals surface area contributed by atoms with E-state index in [1.165, 1.54) is 77.5 Å². The van der Waals surface area contributed by atoms with E-state index in [9.17, 15) is 0 Å². The van der Waals surface area contributed by atoms with Gasteiger partial charge in [-0.25, -0.2) is 0 Å². The van der Waals surface area contributed by atoms with E-state index in [1.807, 2.05) is 0 Å². The van der Waals surface area contributed by atoms with Crippen molar-refractivity contribution in [3.8, 4) is 0 Å². The normalized spacial score (nSPS) is 35.8. The van der Waals surface area contributed by atoms with Crippen LogP contribution in [0, 0.1) is 5.92 Å². The molecular weight excluding hydrogens is 234 g/mol. The summed E-state index contributed by atoms with van der Waals surface area (Å²) >= 11 is 0. The summed E-state index contributed by atoms with van der Waals surface area (Å²) in [6.45, 7) is 6.14. The van der Waals surface area contributed by atoms with Gasteiger partial charge in [-0.3, -0.25) is 9.80 Å². The Kier molecular flexibility index (Phi) is 4.78. The van der Waals surface area contributed by atoms with E-state index >= 15 is 0 Å². The first-order chi connectivity index (χ1) is 9.36. The summed E-state index contributed by atoms with van der Waals surface area (Å²) in [5.74, 6) is 0.769. The van der Waals surface area contributed by atoms with Crippen molar-refractivity contribution in [3.05, 3.63) is 0 Å². The summed E-state index contributed by atoms with van der Waals surface area (Å²) in [6, 6.07) is 1.73. The highest BCUT2D eigenvalue weighted by molar-refractivity contribution is 4.89. The smallest absolute Gasteiger partial charge is 0.0223 e. The van der Waals surface area contributed by atoms with Gasteiger partial charge in [0.2, 0.25) is 0 Å². The van der Waals surface area contributed by atoms with Crippen molar-refractivity contribution in [3.63, 3.8) is 0 Å². The van der Waals surface area contributed by atoms with Gasteiger partial charge in [0.25, 0.3) is 0 Å². The molecule has 3 nitrogen and oxygen atoms in total. The summed E-state index contributed by atoms with van der Waals surface area (Å²) in [6.07, 6.45) is 11.5. The molecule has 0 radical (unpaired) electrons. The van der Waals surface area contributed by atoms with Crippen LogP contribution in [-0.4, -0.2) is 54.6 Å². The lowest BCUT2D eigenvalue weighted by Crippen LogP contribution is -2.51. The molecule has 1 saturated carbocycles. The van der Waals surface area contributed by atoms with Crippen LogP contribution in [0.25, 0.3) is 0 Å². The molecule has 3 aliphatic rings. The highest BCUT2D eigenvalue weighted by atomic mass is 15.3. The Morgan fingerprint density at radius 1 is 0.737 bits per heavy atom. The molecule has 2 N–H and O–H groups in total. The van der Waals surface area contributed by atoms with Crippen LogP contribution < -0.4 is 5.73 Å². The van der Waals surface area contributed by atoms with Gasteiger partial charge in [-0.05, 0) is 57.7 Å². The Morgan fingerprint density at radius 3 is 2.21 bits per heavy atom. The van der Waals surface area contributed by atoms with Crippen molar-refractivity contribution in [2.24, 2.45) is 11.7 Å². The molecule has 3 fully saturated rings. The fourth-order valence-corrected chi connectivity index (χ4v) is 4.45. The largest absolute Gasteiger partial charge is 0.330 e. The fourth-order valence-electron chi connectivity index (χ4n) is 4.45. The Bertz CT molecular complexity index is 275.